The molecule has 9 rings (SSSR count). The highest BCUT2D eigenvalue weighted by atomic mass is 16.6. The number of rotatable bonds is 18. The van der Waals surface area contributed by atoms with Crippen LogP contribution in [0.5, 0.6) is 0 Å². The minimum absolute atomic E-state index is 0.165. The summed E-state index contributed by atoms with van der Waals surface area (Å²) in [7, 11) is 0. The number of fused-ring (bicyclic) bond motifs is 1. The van der Waals surface area contributed by atoms with Crippen molar-refractivity contribution in [2.45, 2.75) is 50.5 Å². The molecule has 1 aliphatic rings. The van der Waals surface area contributed by atoms with Gasteiger partial charge in [0.05, 0.1) is 45.0 Å². The van der Waals surface area contributed by atoms with E-state index >= 15 is 0 Å². The zero-order valence-electron chi connectivity index (χ0n) is 33.8. The van der Waals surface area contributed by atoms with Crippen LogP contribution in [0.4, 0.5) is 11.5 Å². The fourth-order valence-corrected chi connectivity index (χ4v) is 7.96. The quantitative estimate of drug-likeness (QED) is 0.0917. The Balaban J connectivity index is 1.18. The van der Waals surface area contributed by atoms with Gasteiger partial charge in [-0.3, -0.25) is 0 Å². The van der Waals surface area contributed by atoms with Crippen molar-refractivity contribution in [3.05, 3.63) is 217 Å². The molecule has 8 aromatic rings. The molecule has 0 radical (unpaired) electrons. The van der Waals surface area contributed by atoms with Gasteiger partial charge in [-0.1, -0.05) is 170 Å². The highest BCUT2D eigenvalue weighted by Gasteiger charge is 2.58. The summed E-state index contributed by atoms with van der Waals surface area (Å²) < 4.78 is 37.1. The van der Waals surface area contributed by atoms with Gasteiger partial charge in [-0.2, -0.15) is 0 Å². The molecule has 1 fully saturated rings. The van der Waals surface area contributed by atoms with E-state index in [4.69, 9.17) is 33.7 Å². The van der Waals surface area contributed by atoms with E-state index in [1.54, 1.807) is 6.33 Å². The van der Waals surface area contributed by atoms with Gasteiger partial charge >= 0.3 is 0 Å². The Bertz CT molecular complexity index is 2520. The van der Waals surface area contributed by atoms with Crippen LogP contribution in [0.15, 0.2) is 195 Å². The van der Waals surface area contributed by atoms with Gasteiger partial charge < -0.3 is 33.6 Å². The third-order valence-electron chi connectivity index (χ3n) is 10.9. The van der Waals surface area contributed by atoms with Gasteiger partial charge in [-0.15, -0.1) is 0 Å². The lowest BCUT2D eigenvalue weighted by atomic mass is 9.96. The molecule has 6 aromatic carbocycles. The van der Waals surface area contributed by atoms with Crippen LogP contribution >= 0.6 is 0 Å². The van der Waals surface area contributed by atoms with Crippen molar-refractivity contribution in [1.29, 1.82) is 0 Å². The van der Waals surface area contributed by atoms with Crippen molar-refractivity contribution in [1.82, 2.24) is 14.5 Å². The summed E-state index contributed by atoms with van der Waals surface area (Å²) in [4.78, 5) is 9.77. The molecular weight excluding hydrogens is 761 g/mol. The molecule has 9 heteroatoms. The first kappa shape index (κ1) is 40.0. The predicted octanol–water partition coefficient (Wildman–Crippen LogP) is 10.7. The Hall–Kier alpha value is -6.46. The van der Waals surface area contributed by atoms with Crippen molar-refractivity contribution in [3.8, 4) is 11.1 Å². The van der Waals surface area contributed by atoms with E-state index in [0.717, 1.165) is 44.5 Å². The van der Waals surface area contributed by atoms with Gasteiger partial charge in [0.15, 0.2) is 6.23 Å². The van der Waals surface area contributed by atoms with Crippen LogP contribution in [-0.2, 0) is 50.1 Å². The smallest absolute Gasteiger partial charge is 0.165 e. The summed E-state index contributed by atoms with van der Waals surface area (Å²) in [6, 6.07) is 61.0. The van der Waals surface area contributed by atoms with Gasteiger partial charge in [0.2, 0.25) is 0 Å². The van der Waals surface area contributed by atoms with Crippen LogP contribution in [0.1, 0.15) is 28.5 Å². The number of hydrogen-bond donors (Lipinski definition) is 1. The van der Waals surface area contributed by atoms with Crippen molar-refractivity contribution in [3.63, 3.8) is 0 Å². The zero-order valence-corrected chi connectivity index (χ0v) is 33.8. The number of nitrogens with zero attached hydrogens (tertiary/aromatic N) is 3. The Morgan fingerprint density at radius 1 is 0.541 bits per heavy atom. The minimum Gasteiger partial charge on any atom is -0.374 e. The molecule has 2 aromatic heterocycles. The highest BCUT2D eigenvalue weighted by molar-refractivity contribution is 6.02. The predicted molar refractivity (Wildman–Crippen MR) is 238 cm³/mol. The first-order valence-corrected chi connectivity index (χ1v) is 20.7. The maximum absolute atomic E-state index is 7.51. The minimum atomic E-state index is -1.13. The lowest BCUT2D eigenvalue weighted by Crippen LogP contribution is -2.52. The molecule has 1 N–H and O–H groups in total. The number of ether oxygens (including phenoxy) is 5. The normalized spacial score (nSPS) is 17.1. The topological polar surface area (TPSA) is 88.9 Å². The van der Waals surface area contributed by atoms with Crippen LogP contribution < -0.4 is 5.32 Å². The van der Waals surface area contributed by atoms with E-state index in [0.29, 0.717) is 37.9 Å². The van der Waals surface area contributed by atoms with Crippen LogP contribution in [-0.4, -0.2) is 45.6 Å². The summed E-state index contributed by atoms with van der Waals surface area (Å²) in [5.74, 6) is 0.675. The second-order valence-electron chi connectivity index (χ2n) is 15.2. The largest absolute Gasteiger partial charge is 0.374 e. The number of hydrogen-bond acceptors (Lipinski definition) is 8. The summed E-state index contributed by atoms with van der Waals surface area (Å²) >= 11 is 0. The molecule has 0 unspecified atom stereocenters. The van der Waals surface area contributed by atoms with Gasteiger partial charge in [0.25, 0.3) is 0 Å². The third kappa shape index (κ3) is 9.47. The van der Waals surface area contributed by atoms with Gasteiger partial charge in [0, 0.05) is 17.4 Å². The molecule has 3 atom stereocenters. The van der Waals surface area contributed by atoms with Crippen molar-refractivity contribution in [2.75, 3.05) is 18.5 Å². The van der Waals surface area contributed by atoms with Crippen molar-refractivity contribution < 1.29 is 23.7 Å². The molecule has 0 bridgehead atoms. The Labute approximate surface area is 356 Å². The molecule has 0 aliphatic carbocycles. The van der Waals surface area contributed by atoms with E-state index in [1.807, 2.05) is 121 Å². The SMILES string of the molecule is c1ccc(COCC2(COCc3ccccc3)O[C@@H](n3cc(-c4ccccc4)c4c(Nc5ccccc5)ncnc43)[C@H](OCc3ccccc3)[C@@H]2OCc2ccccc2)cc1. The third-order valence-corrected chi connectivity index (χ3v) is 10.9. The molecule has 1 saturated heterocycles. The molecule has 0 spiro atoms. The Morgan fingerprint density at radius 3 is 1.56 bits per heavy atom. The molecule has 3 heterocycles. The molecule has 9 nitrogen and oxygen atoms in total. The van der Waals surface area contributed by atoms with Gasteiger partial charge in [0.1, 0.15) is 35.6 Å². The van der Waals surface area contributed by atoms with E-state index in [1.165, 1.54) is 0 Å². The molecule has 1 aliphatic heterocycles. The molecule has 61 heavy (non-hydrogen) atoms. The highest BCUT2D eigenvalue weighted by Crippen LogP contribution is 2.46. The molecule has 0 amide bonds. The monoisotopic (exact) mass is 808 g/mol. The van der Waals surface area contributed by atoms with Gasteiger partial charge in [-0.25, -0.2) is 9.97 Å². The first-order valence-electron chi connectivity index (χ1n) is 20.7. The summed E-state index contributed by atoms with van der Waals surface area (Å²) in [6.07, 6.45) is 1.66. The number of nitrogens with one attached hydrogen (secondary N) is 1. The molecular formula is C52H48N4O5. The van der Waals surface area contributed by atoms with Gasteiger partial charge in [-0.05, 0) is 39.9 Å². The summed E-state index contributed by atoms with van der Waals surface area (Å²) in [6.45, 7) is 1.73. The Morgan fingerprint density at radius 2 is 1.02 bits per heavy atom. The summed E-state index contributed by atoms with van der Waals surface area (Å²) in [5.41, 5.74) is 6.57. The Kier molecular flexibility index (Phi) is 12.6. The number of benzene rings is 6. The second-order valence-corrected chi connectivity index (χ2v) is 15.2. The van der Waals surface area contributed by atoms with E-state index < -0.39 is 24.0 Å². The van der Waals surface area contributed by atoms with Crippen LogP contribution in [0.2, 0.25) is 0 Å². The van der Waals surface area contributed by atoms with Crippen LogP contribution in [0, 0.1) is 0 Å². The second kappa shape index (κ2) is 19.3. The van der Waals surface area contributed by atoms with E-state index in [2.05, 4.69) is 76.7 Å². The lowest BCUT2D eigenvalue weighted by molar-refractivity contribution is -0.185. The average molecular weight is 809 g/mol. The first-order chi connectivity index (χ1) is 30.2. The standard InChI is InChI=1S/C52H48N4O5/c1-7-19-39(20-8-1)32-57-36-52(37-58-33-40-21-9-2-10-22-40)48(60-35-42-25-13-4-14-26-42)47(59-34-41-23-11-3-12-24-41)51(61-52)56-31-45(43-27-15-5-16-28-43)46-49(53-38-54-50(46)56)55-44-29-17-6-18-30-44/h1-31,38,47-48,51H,32-37H2,(H,53,54,55)/t47-,48+,51-/m1/s1. The average Bonchev–Trinajstić information content (AvgIpc) is 3.86. The molecule has 0 saturated carbocycles. The van der Waals surface area contributed by atoms with Crippen LogP contribution in [0.3, 0.4) is 0 Å². The zero-order chi connectivity index (χ0) is 41.1. The number of aromatic nitrogens is 3. The fourth-order valence-electron chi connectivity index (χ4n) is 7.96. The maximum atomic E-state index is 7.51. The molecule has 306 valence electrons. The summed E-state index contributed by atoms with van der Waals surface area (Å²) in [5, 5.41) is 4.42. The number of anilines is 2. The lowest BCUT2D eigenvalue weighted by Gasteiger charge is -2.35. The van der Waals surface area contributed by atoms with E-state index in [-0.39, 0.29) is 13.2 Å². The van der Waals surface area contributed by atoms with E-state index in [9.17, 15) is 0 Å². The number of para-hydroxylation sites is 1. The van der Waals surface area contributed by atoms with Crippen LogP contribution in [0.25, 0.3) is 22.2 Å². The van der Waals surface area contributed by atoms with Crippen molar-refractivity contribution >= 4 is 22.5 Å². The van der Waals surface area contributed by atoms with Crippen molar-refractivity contribution in [2.24, 2.45) is 0 Å². The fraction of sp³-hybridized carbons (Fsp3) is 0.192. The maximum Gasteiger partial charge on any atom is 0.165 e.